The maximum atomic E-state index is 9.09. The van der Waals surface area contributed by atoms with Crippen molar-refractivity contribution in [2.75, 3.05) is 11.6 Å². The zero-order chi connectivity index (χ0) is 13.7. The highest BCUT2D eigenvalue weighted by atomic mass is 32.2. The number of anilines is 1. The smallest absolute Gasteiger partial charge is 0.189 e. The molecule has 0 saturated carbocycles. The SMILES string of the molecule is CSc1ncc(C#N)c(N[C@@H](C)c2ccccc2)n1. The minimum atomic E-state index is 0.0814. The molecule has 1 aromatic carbocycles. The first-order valence-corrected chi connectivity index (χ1v) is 7.09. The second kappa shape index (κ2) is 6.21. The molecule has 4 nitrogen and oxygen atoms in total. The predicted octanol–water partition coefficient (Wildman–Crippen LogP) is 3.24. The monoisotopic (exact) mass is 270 g/mol. The van der Waals surface area contributed by atoms with Crippen molar-refractivity contribution in [3.63, 3.8) is 0 Å². The Balaban J connectivity index is 2.25. The summed E-state index contributed by atoms with van der Waals surface area (Å²) in [7, 11) is 0. The molecule has 1 atom stereocenters. The molecule has 0 fully saturated rings. The molecule has 0 aliphatic rings. The highest BCUT2D eigenvalue weighted by Gasteiger charge is 2.10. The Bertz CT molecular complexity index is 592. The Hall–Kier alpha value is -2.06. The number of nitrogens with zero attached hydrogens (tertiary/aromatic N) is 3. The summed E-state index contributed by atoms with van der Waals surface area (Å²) < 4.78 is 0. The maximum Gasteiger partial charge on any atom is 0.189 e. The van der Waals surface area contributed by atoms with Crippen molar-refractivity contribution in [3.05, 3.63) is 47.7 Å². The first-order chi connectivity index (χ1) is 9.24. The molecule has 2 aromatic rings. The van der Waals surface area contributed by atoms with E-state index in [1.807, 2.05) is 43.5 Å². The van der Waals surface area contributed by atoms with E-state index in [1.54, 1.807) is 6.20 Å². The summed E-state index contributed by atoms with van der Waals surface area (Å²) in [6, 6.07) is 12.2. The number of nitriles is 1. The number of nitrogens with one attached hydrogen (secondary N) is 1. The lowest BCUT2D eigenvalue weighted by Gasteiger charge is -2.15. The van der Waals surface area contributed by atoms with Gasteiger partial charge in [0.1, 0.15) is 17.5 Å². The van der Waals surface area contributed by atoms with Crippen LogP contribution < -0.4 is 5.32 Å². The van der Waals surface area contributed by atoms with Crippen LogP contribution in [0.4, 0.5) is 5.82 Å². The molecular formula is C14H14N4S. The highest BCUT2D eigenvalue weighted by Crippen LogP contribution is 2.21. The molecule has 0 spiro atoms. The molecule has 0 unspecified atom stereocenters. The van der Waals surface area contributed by atoms with Crippen LogP contribution in [-0.4, -0.2) is 16.2 Å². The zero-order valence-electron chi connectivity index (χ0n) is 10.8. The van der Waals surface area contributed by atoms with Gasteiger partial charge in [0.05, 0.1) is 6.20 Å². The topological polar surface area (TPSA) is 61.6 Å². The third-order valence-electron chi connectivity index (χ3n) is 2.72. The Kier molecular flexibility index (Phi) is 4.37. The van der Waals surface area contributed by atoms with Crippen LogP contribution in [0.15, 0.2) is 41.7 Å². The van der Waals surface area contributed by atoms with Gasteiger partial charge in [0, 0.05) is 6.04 Å². The van der Waals surface area contributed by atoms with E-state index in [4.69, 9.17) is 5.26 Å². The van der Waals surface area contributed by atoms with Gasteiger partial charge >= 0.3 is 0 Å². The Labute approximate surface area is 116 Å². The molecule has 0 saturated heterocycles. The predicted molar refractivity (Wildman–Crippen MR) is 77.0 cm³/mol. The van der Waals surface area contributed by atoms with Crippen LogP contribution in [0.2, 0.25) is 0 Å². The second-order valence-corrected chi connectivity index (χ2v) is 4.78. The van der Waals surface area contributed by atoms with E-state index in [0.717, 1.165) is 5.56 Å². The lowest BCUT2D eigenvalue weighted by molar-refractivity contribution is 0.853. The third-order valence-corrected chi connectivity index (χ3v) is 3.28. The normalized spacial score (nSPS) is 11.6. The van der Waals surface area contributed by atoms with Gasteiger partial charge in [-0.3, -0.25) is 0 Å². The van der Waals surface area contributed by atoms with E-state index in [0.29, 0.717) is 16.5 Å². The summed E-state index contributed by atoms with van der Waals surface area (Å²) in [4.78, 5) is 8.44. The van der Waals surface area contributed by atoms with Crippen LogP contribution in [0.25, 0.3) is 0 Å². The molecule has 0 amide bonds. The Morgan fingerprint density at radius 1 is 1.32 bits per heavy atom. The quantitative estimate of drug-likeness (QED) is 0.682. The van der Waals surface area contributed by atoms with E-state index >= 15 is 0 Å². The van der Waals surface area contributed by atoms with Crippen molar-refractivity contribution in [1.82, 2.24) is 9.97 Å². The fraction of sp³-hybridized carbons (Fsp3) is 0.214. The van der Waals surface area contributed by atoms with Crippen molar-refractivity contribution in [2.45, 2.75) is 18.1 Å². The van der Waals surface area contributed by atoms with Crippen LogP contribution in [0.1, 0.15) is 24.1 Å². The van der Waals surface area contributed by atoms with E-state index in [-0.39, 0.29) is 6.04 Å². The maximum absolute atomic E-state index is 9.09. The van der Waals surface area contributed by atoms with E-state index in [1.165, 1.54) is 11.8 Å². The lowest BCUT2D eigenvalue weighted by Crippen LogP contribution is -2.10. The Morgan fingerprint density at radius 3 is 2.68 bits per heavy atom. The first kappa shape index (κ1) is 13.4. The average molecular weight is 270 g/mol. The van der Waals surface area contributed by atoms with Crippen LogP contribution in [0.3, 0.4) is 0 Å². The molecule has 96 valence electrons. The average Bonchev–Trinajstić information content (AvgIpc) is 2.48. The van der Waals surface area contributed by atoms with Gasteiger partial charge in [-0.05, 0) is 18.7 Å². The van der Waals surface area contributed by atoms with Gasteiger partial charge in [-0.25, -0.2) is 9.97 Å². The highest BCUT2D eigenvalue weighted by molar-refractivity contribution is 7.98. The van der Waals surface area contributed by atoms with Gasteiger partial charge < -0.3 is 5.32 Å². The van der Waals surface area contributed by atoms with Crippen LogP contribution in [0, 0.1) is 11.3 Å². The first-order valence-electron chi connectivity index (χ1n) is 5.87. The van der Waals surface area contributed by atoms with Crippen molar-refractivity contribution >= 4 is 17.6 Å². The van der Waals surface area contributed by atoms with Crippen molar-refractivity contribution in [1.29, 1.82) is 5.26 Å². The number of hydrogen-bond donors (Lipinski definition) is 1. The lowest BCUT2D eigenvalue weighted by atomic mass is 10.1. The molecule has 0 aliphatic heterocycles. The van der Waals surface area contributed by atoms with Crippen molar-refractivity contribution < 1.29 is 0 Å². The summed E-state index contributed by atoms with van der Waals surface area (Å²) in [6.45, 7) is 2.04. The molecule has 5 heteroatoms. The summed E-state index contributed by atoms with van der Waals surface area (Å²) in [5, 5.41) is 13.0. The molecule has 19 heavy (non-hydrogen) atoms. The zero-order valence-corrected chi connectivity index (χ0v) is 11.6. The summed E-state index contributed by atoms with van der Waals surface area (Å²) in [5.74, 6) is 0.582. The number of rotatable bonds is 4. The van der Waals surface area contributed by atoms with Gasteiger partial charge in [0.15, 0.2) is 5.16 Å². The summed E-state index contributed by atoms with van der Waals surface area (Å²) in [6.07, 6.45) is 3.46. The number of hydrogen-bond acceptors (Lipinski definition) is 5. The standard InChI is InChI=1S/C14H14N4S/c1-10(11-6-4-3-5-7-11)17-13-12(8-15)9-16-14(18-13)19-2/h3-7,9-10H,1-2H3,(H,16,17,18)/t10-/m0/s1. The summed E-state index contributed by atoms with van der Waals surface area (Å²) >= 11 is 1.45. The van der Waals surface area contributed by atoms with Gasteiger partial charge in [-0.15, -0.1) is 0 Å². The minimum Gasteiger partial charge on any atom is -0.362 e. The molecule has 1 N–H and O–H groups in total. The van der Waals surface area contributed by atoms with Gasteiger partial charge in [0.25, 0.3) is 0 Å². The van der Waals surface area contributed by atoms with Gasteiger partial charge in [0.2, 0.25) is 0 Å². The van der Waals surface area contributed by atoms with Crippen LogP contribution >= 0.6 is 11.8 Å². The van der Waals surface area contributed by atoms with Gasteiger partial charge in [-0.1, -0.05) is 42.1 Å². The number of thioether (sulfide) groups is 1. The molecule has 0 radical (unpaired) electrons. The molecule has 0 aliphatic carbocycles. The molecular weight excluding hydrogens is 256 g/mol. The molecule has 1 heterocycles. The molecule has 2 rings (SSSR count). The second-order valence-electron chi connectivity index (χ2n) is 4.01. The van der Waals surface area contributed by atoms with Gasteiger partial charge in [-0.2, -0.15) is 5.26 Å². The minimum absolute atomic E-state index is 0.0814. The summed E-state index contributed by atoms with van der Waals surface area (Å²) in [5.41, 5.74) is 1.61. The van der Waals surface area contributed by atoms with E-state index < -0.39 is 0 Å². The molecule has 1 aromatic heterocycles. The fourth-order valence-corrected chi connectivity index (χ4v) is 2.03. The van der Waals surface area contributed by atoms with Crippen LogP contribution in [-0.2, 0) is 0 Å². The van der Waals surface area contributed by atoms with Crippen molar-refractivity contribution in [2.24, 2.45) is 0 Å². The number of aromatic nitrogens is 2. The van der Waals surface area contributed by atoms with Crippen molar-refractivity contribution in [3.8, 4) is 6.07 Å². The largest absolute Gasteiger partial charge is 0.362 e. The Morgan fingerprint density at radius 2 is 2.05 bits per heavy atom. The number of benzene rings is 1. The van der Waals surface area contributed by atoms with E-state index in [2.05, 4.69) is 21.4 Å². The van der Waals surface area contributed by atoms with Crippen LogP contribution in [0.5, 0.6) is 0 Å². The third kappa shape index (κ3) is 3.24. The molecule has 0 bridgehead atoms. The fourth-order valence-electron chi connectivity index (χ4n) is 1.69. The van der Waals surface area contributed by atoms with E-state index in [9.17, 15) is 0 Å².